The number of nitrogens with two attached hydrogens (primary N) is 1. The van der Waals surface area contributed by atoms with Crippen LogP contribution < -0.4 is 10.6 Å². The lowest BCUT2D eigenvalue weighted by molar-refractivity contribution is -0.131. The predicted octanol–water partition coefficient (Wildman–Crippen LogP) is 2.02. The highest BCUT2D eigenvalue weighted by atomic mass is 16.2. The predicted molar refractivity (Wildman–Crippen MR) is 87.4 cm³/mol. The van der Waals surface area contributed by atoms with E-state index in [1.54, 1.807) is 0 Å². The van der Waals surface area contributed by atoms with Crippen molar-refractivity contribution in [2.75, 3.05) is 37.6 Å². The molecule has 1 amide bonds. The van der Waals surface area contributed by atoms with E-state index in [2.05, 4.69) is 43.0 Å². The summed E-state index contributed by atoms with van der Waals surface area (Å²) in [5.74, 6) is 0.618. The molecule has 1 atom stereocenters. The summed E-state index contributed by atoms with van der Waals surface area (Å²) in [6, 6.07) is 8.51. The van der Waals surface area contributed by atoms with E-state index < -0.39 is 0 Å². The smallest absolute Gasteiger partial charge is 0.236 e. The second-order valence-electron chi connectivity index (χ2n) is 5.88. The van der Waals surface area contributed by atoms with Crippen LogP contribution in [0, 0.1) is 12.8 Å². The van der Waals surface area contributed by atoms with E-state index in [0.717, 1.165) is 32.6 Å². The SMILES string of the molecule is CCN(CC1CCCN(C(=O)CN)C1)c1ccccc1C. The van der Waals surface area contributed by atoms with Crippen LogP contribution >= 0.6 is 0 Å². The Balaban J connectivity index is 2.02. The number of aryl methyl sites for hydroxylation is 1. The van der Waals surface area contributed by atoms with Gasteiger partial charge in [0.25, 0.3) is 0 Å². The van der Waals surface area contributed by atoms with Crippen LogP contribution in [-0.4, -0.2) is 43.5 Å². The molecule has 4 heteroatoms. The first-order valence-corrected chi connectivity index (χ1v) is 7.94. The third kappa shape index (κ3) is 3.97. The molecular weight excluding hydrogens is 262 g/mol. The van der Waals surface area contributed by atoms with Gasteiger partial charge < -0.3 is 15.5 Å². The Morgan fingerprint density at radius 2 is 2.19 bits per heavy atom. The Morgan fingerprint density at radius 3 is 2.86 bits per heavy atom. The van der Waals surface area contributed by atoms with Gasteiger partial charge in [-0.1, -0.05) is 18.2 Å². The van der Waals surface area contributed by atoms with Gasteiger partial charge in [0, 0.05) is 31.9 Å². The molecule has 2 rings (SSSR count). The molecule has 4 nitrogen and oxygen atoms in total. The third-order valence-corrected chi connectivity index (χ3v) is 4.36. The minimum atomic E-state index is 0.0821. The summed E-state index contributed by atoms with van der Waals surface area (Å²) in [6.45, 7) is 8.19. The fraction of sp³-hybridized carbons (Fsp3) is 0.588. The van der Waals surface area contributed by atoms with Crippen LogP contribution in [0.5, 0.6) is 0 Å². The van der Waals surface area contributed by atoms with E-state index in [1.165, 1.54) is 17.7 Å². The number of carbonyl (C=O) groups excluding carboxylic acids is 1. The Kier molecular flexibility index (Phi) is 5.62. The molecule has 21 heavy (non-hydrogen) atoms. The van der Waals surface area contributed by atoms with Gasteiger partial charge in [0.2, 0.25) is 5.91 Å². The number of amides is 1. The van der Waals surface area contributed by atoms with Gasteiger partial charge >= 0.3 is 0 Å². The lowest BCUT2D eigenvalue weighted by Crippen LogP contribution is -2.45. The number of benzene rings is 1. The number of carbonyl (C=O) groups is 1. The van der Waals surface area contributed by atoms with Crippen molar-refractivity contribution in [1.82, 2.24) is 4.90 Å². The summed E-state index contributed by atoms with van der Waals surface area (Å²) in [5.41, 5.74) is 8.10. The Bertz CT molecular complexity index is 475. The van der Waals surface area contributed by atoms with Crippen molar-refractivity contribution in [3.05, 3.63) is 29.8 Å². The molecule has 0 bridgehead atoms. The van der Waals surface area contributed by atoms with Gasteiger partial charge in [-0.3, -0.25) is 4.79 Å². The molecule has 1 aromatic rings. The minimum absolute atomic E-state index is 0.0821. The first-order valence-electron chi connectivity index (χ1n) is 7.94. The van der Waals surface area contributed by atoms with Gasteiger partial charge in [-0.15, -0.1) is 0 Å². The van der Waals surface area contributed by atoms with E-state index in [1.807, 2.05) is 4.90 Å². The number of hydrogen-bond acceptors (Lipinski definition) is 3. The molecule has 1 saturated heterocycles. The van der Waals surface area contributed by atoms with E-state index in [-0.39, 0.29) is 12.5 Å². The first-order chi connectivity index (χ1) is 10.2. The Hall–Kier alpha value is -1.55. The largest absolute Gasteiger partial charge is 0.371 e. The van der Waals surface area contributed by atoms with Crippen LogP contribution in [0.3, 0.4) is 0 Å². The molecule has 1 aromatic carbocycles. The standard InChI is InChI=1S/C17H27N3O/c1-3-19(16-9-5-4-7-14(16)2)12-15-8-6-10-20(13-15)17(21)11-18/h4-5,7,9,15H,3,6,8,10-13,18H2,1-2H3. The van der Waals surface area contributed by atoms with Crippen molar-refractivity contribution in [3.8, 4) is 0 Å². The molecule has 0 spiro atoms. The maximum atomic E-state index is 11.8. The molecule has 0 saturated carbocycles. The number of piperidine rings is 1. The van der Waals surface area contributed by atoms with Crippen molar-refractivity contribution >= 4 is 11.6 Å². The zero-order valence-electron chi connectivity index (χ0n) is 13.2. The van der Waals surface area contributed by atoms with E-state index in [4.69, 9.17) is 5.73 Å². The Morgan fingerprint density at radius 1 is 1.43 bits per heavy atom. The number of rotatable bonds is 5. The highest BCUT2D eigenvalue weighted by molar-refractivity contribution is 5.78. The summed E-state index contributed by atoms with van der Waals surface area (Å²) in [4.78, 5) is 16.1. The minimum Gasteiger partial charge on any atom is -0.371 e. The molecule has 0 aromatic heterocycles. The normalized spacial score (nSPS) is 18.6. The molecule has 116 valence electrons. The van der Waals surface area contributed by atoms with Crippen LogP contribution in [0.2, 0.25) is 0 Å². The Labute approximate surface area is 127 Å². The topological polar surface area (TPSA) is 49.6 Å². The zero-order chi connectivity index (χ0) is 15.2. The molecular formula is C17H27N3O. The van der Waals surface area contributed by atoms with Crippen LogP contribution in [0.1, 0.15) is 25.3 Å². The quantitative estimate of drug-likeness (QED) is 0.902. The molecule has 0 radical (unpaired) electrons. The lowest BCUT2D eigenvalue weighted by atomic mass is 9.96. The number of hydrogen-bond donors (Lipinski definition) is 1. The third-order valence-electron chi connectivity index (χ3n) is 4.36. The number of nitrogens with zero attached hydrogens (tertiary/aromatic N) is 2. The first kappa shape index (κ1) is 15.8. The highest BCUT2D eigenvalue weighted by Crippen LogP contribution is 2.24. The second-order valence-corrected chi connectivity index (χ2v) is 5.88. The summed E-state index contributed by atoms with van der Waals surface area (Å²) >= 11 is 0. The van der Waals surface area contributed by atoms with Crippen molar-refractivity contribution < 1.29 is 4.79 Å². The van der Waals surface area contributed by atoms with Gasteiger partial charge in [-0.2, -0.15) is 0 Å². The molecule has 1 heterocycles. The summed E-state index contributed by atoms with van der Waals surface area (Å²) in [6.07, 6.45) is 2.28. The maximum absolute atomic E-state index is 11.8. The van der Waals surface area contributed by atoms with Crippen LogP contribution in [0.15, 0.2) is 24.3 Å². The van der Waals surface area contributed by atoms with Crippen molar-refractivity contribution in [2.45, 2.75) is 26.7 Å². The molecule has 1 aliphatic rings. The molecule has 2 N–H and O–H groups in total. The van der Waals surface area contributed by atoms with Crippen LogP contribution in [-0.2, 0) is 4.79 Å². The van der Waals surface area contributed by atoms with Gasteiger partial charge in [0.05, 0.1) is 6.54 Å². The average molecular weight is 289 g/mol. The van der Waals surface area contributed by atoms with Crippen molar-refractivity contribution in [2.24, 2.45) is 11.7 Å². The van der Waals surface area contributed by atoms with Crippen molar-refractivity contribution in [1.29, 1.82) is 0 Å². The van der Waals surface area contributed by atoms with Gasteiger partial charge in [-0.25, -0.2) is 0 Å². The maximum Gasteiger partial charge on any atom is 0.236 e. The molecule has 1 fully saturated rings. The van der Waals surface area contributed by atoms with Gasteiger partial charge in [0.15, 0.2) is 0 Å². The van der Waals surface area contributed by atoms with E-state index in [9.17, 15) is 4.79 Å². The van der Waals surface area contributed by atoms with Crippen molar-refractivity contribution in [3.63, 3.8) is 0 Å². The molecule has 1 unspecified atom stereocenters. The van der Waals surface area contributed by atoms with Gasteiger partial charge in [-0.05, 0) is 44.2 Å². The molecule has 1 aliphatic heterocycles. The van der Waals surface area contributed by atoms with Crippen LogP contribution in [0.25, 0.3) is 0 Å². The average Bonchev–Trinajstić information content (AvgIpc) is 2.53. The van der Waals surface area contributed by atoms with E-state index in [0.29, 0.717) is 5.92 Å². The number of anilines is 1. The lowest BCUT2D eigenvalue weighted by Gasteiger charge is -2.36. The van der Waals surface area contributed by atoms with Gasteiger partial charge in [0.1, 0.15) is 0 Å². The van der Waals surface area contributed by atoms with Crippen LogP contribution in [0.4, 0.5) is 5.69 Å². The summed E-state index contributed by atoms with van der Waals surface area (Å²) in [7, 11) is 0. The monoisotopic (exact) mass is 289 g/mol. The fourth-order valence-corrected chi connectivity index (χ4v) is 3.20. The van der Waals surface area contributed by atoms with E-state index >= 15 is 0 Å². The highest BCUT2D eigenvalue weighted by Gasteiger charge is 2.24. The number of likely N-dealkylation sites (tertiary alicyclic amines) is 1. The summed E-state index contributed by atoms with van der Waals surface area (Å²) in [5, 5.41) is 0. The zero-order valence-corrected chi connectivity index (χ0v) is 13.2. The number of para-hydroxylation sites is 1. The molecule has 0 aliphatic carbocycles. The fourth-order valence-electron chi connectivity index (χ4n) is 3.20. The summed E-state index contributed by atoms with van der Waals surface area (Å²) < 4.78 is 0. The second kappa shape index (κ2) is 7.46.